The average Bonchev–Trinajstić information content (AvgIpc) is 4.15. The van der Waals surface area contributed by atoms with Crippen LogP contribution < -0.4 is 25.4 Å². The number of morpholine rings is 1. The molecule has 8 rings (SSSR count). The Hall–Kier alpha value is -5.72. The lowest BCUT2D eigenvalue weighted by molar-refractivity contribution is -0.140. The predicted molar refractivity (Wildman–Crippen MR) is 286 cm³/mol. The molecule has 0 radical (unpaired) electrons. The first-order chi connectivity index (χ1) is 34.9. The molecule has 18 heteroatoms. The molecule has 0 spiro atoms. The lowest BCUT2D eigenvalue weighted by atomic mass is 9.98. The van der Waals surface area contributed by atoms with Crippen LogP contribution in [-0.4, -0.2) is 115 Å². The highest BCUT2D eigenvalue weighted by molar-refractivity contribution is 7.91. The minimum atomic E-state index is -4.03. The standard InChI is InChI=1S/C55H73N7O9S2/c1-9-35(4)43(50-58-45(33-72-50)34(2)3)30-48(42-20-21-47(69-8)37(6)36(42)5)71-41-29-46-49(63)59-55(52(65)60-73(67,68)54(7)22-23-54)31-38(55)16-13-11-10-12-14-19-44(51(64)62(46)32-41)56-39-17-15-18-40(28-39)57-53(66)61-24-26-70-27-25-61/h13,15-18,20-21,28,30,33-34,38,41,44,46,56H,9-12,14,19,22-27,29,31-32H2,1-8H3,(H,57,66)(H,59,63)(H,60,65). The first-order valence-electron chi connectivity index (χ1n) is 25.9. The zero-order chi connectivity index (χ0) is 52.2. The number of sulfonamides is 1. The number of ether oxygens (including phenoxy) is 3. The molecular formula is C55H73N7O9S2. The maximum Gasteiger partial charge on any atom is 0.322 e. The molecule has 5 aliphatic rings. The van der Waals surface area contributed by atoms with Crippen molar-refractivity contribution in [3.63, 3.8) is 0 Å². The molecule has 394 valence electrons. The van der Waals surface area contributed by atoms with Gasteiger partial charge in [0.05, 0.1) is 37.3 Å². The third-order valence-electron chi connectivity index (χ3n) is 15.4. The highest BCUT2D eigenvalue weighted by Crippen LogP contribution is 2.48. The molecule has 16 nitrogen and oxygen atoms in total. The van der Waals surface area contributed by atoms with Crippen molar-refractivity contribution in [2.45, 2.75) is 147 Å². The van der Waals surface area contributed by atoms with Gasteiger partial charge in [0, 0.05) is 53.3 Å². The monoisotopic (exact) mass is 1040 g/mol. The molecule has 5 amide bonds. The Morgan fingerprint density at radius 2 is 1.81 bits per heavy atom. The quantitative estimate of drug-likeness (QED) is 0.0684. The van der Waals surface area contributed by atoms with Gasteiger partial charge in [0.15, 0.2) is 0 Å². The summed E-state index contributed by atoms with van der Waals surface area (Å²) in [6.07, 6.45) is 10.6. The number of hydrogen-bond acceptors (Lipinski definition) is 12. The van der Waals surface area contributed by atoms with Gasteiger partial charge in [-0.1, -0.05) is 57.4 Å². The van der Waals surface area contributed by atoms with Crippen molar-refractivity contribution in [3.05, 3.63) is 93.0 Å². The van der Waals surface area contributed by atoms with E-state index < -0.39 is 56.2 Å². The van der Waals surface area contributed by atoms with Crippen LogP contribution >= 0.6 is 11.3 Å². The van der Waals surface area contributed by atoms with E-state index in [1.54, 1.807) is 47.3 Å². The number of nitrogens with one attached hydrogen (secondary N) is 4. The van der Waals surface area contributed by atoms with E-state index in [0.717, 1.165) is 63.6 Å². The molecule has 2 saturated carbocycles. The second kappa shape index (κ2) is 22.4. The predicted octanol–water partition coefficient (Wildman–Crippen LogP) is 8.84. The number of thiazole rings is 1. The number of anilines is 2. The molecule has 3 aromatic rings. The number of hydrogen-bond donors (Lipinski definition) is 4. The Labute approximate surface area is 434 Å². The maximum absolute atomic E-state index is 15.4. The van der Waals surface area contributed by atoms with Crippen LogP contribution in [0.1, 0.15) is 132 Å². The molecule has 1 aromatic heterocycles. The second-order valence-corrected chi connectivity index (χ2v) is 23.9. The van der Waals surface area contributed by atoms with Crippen molar-refractivity contribution in [2.24, 2.45) is 5.92 Å². The van der Waals surface area contributed by atoms with Crippen LogP contribution in [0.3, 0.4) is 0 Å². The van der Waals surface area contributed by atoms with Crippen LogP contribution in [0.25, 0.3) is 11.3 Å². The molecule has 0 bridgehead atoms. The van der Waals surface area contributed by atoms with Crippen LogP contribution in [0.4, 0.5) is 16.2 Å². The van der Waals surface area contributed by atoms with Crippen molar-refractivity contribution < 1.29 is 41.8 Å². The van der Waals surface area contributed by atoms with Gasteiger partial charge in [-0.25, -0.2) is 18.2 Å². The highest BCUT2D eigenvalue weighted by Gasteiger charge is 2.63. The topological polar surface area (TPSA) is 198 Å². The van der Waals surface area contributed by atoms with Gasteiger partial charge in [-0.2, -0.15) is 0 Å². The maximum atomic E-state index is 15.4. The number of carbonyl (C=O) groups is 4. The fraction of sp³-hybridized carbons (Fsp3) is 0.545. The van der Waals surface area contributed by atoms with Crippen molar-refractivity contribution in [1.82, 2.24) is 24.8 Å². The van der Waals surface area contributed by atoms with E-state index in [-0.39, 0.29) is 37.2 Å². The van der Waals surface area contributed by atoms with Gasteiger partial charge in [-0.05, 0) is 126 Å². The van der Waals surface area contributed by atoms with Gasteiger partial charge in [-0.3, -0.25) is 19.1 Å². The molecule has 2 aromatic carbocycles. The number of nitrogens with zero attached hydrogens (tertiary/aromatic N) is 3. The van der Waals surface area contributed by atoms with Crippen LogP contribution in [0.2, 0.25) is 0 Å². The van der Waals surface area contributed by atoms with Gasteiger partial charge in [0.2, 0.25) is 21.8 Å². The summed E-state index contributed by atoms with van der Waals surface area (Å²) < 4.78 is 46.6. The van der Waals surface area contributed by atoms with E-state index in [4.69, 9.17) is 19.2 Å². The Morgan fingerprint density at radius 3 is 2.51 bits per heavy atom. The molecular weight excluding hydrogens is 967 g/mol. The number of carbonyl (C=O) groups excluding carboxylic acids is 4. The number of rotatable bonds is 14. The first kappa shape index (κ1) is 53.6. The molecule has 73 heavy (non-hydrogen) atoms. The van der Waals surface area contributed by atoms with Crippen molar-refractivity contribution >= 4 is 67.8 Å². The van der Waals surface area contributed by atoms with Crippen molar-refractivity contribution in [1.29, 1.82) is 0 Å². The summed E-state index contributed by atoms with van der Waals surface area (Å²) in [6.45, 7) is 16.0. The second-order valence-electron chi connectivity index (χ2n) is 20.9. The fourth-order valence-corrected chi connectivity index (χ4v) is 12.2. The number of fused-ring (bicyclic) bond motifs is 2. The van der Waals surface area contributed by atoms with Crippen LogP contribution in [0, 0.1) is 19.8 Å². The van der Waals surface area contributed by atoms with Crippen molar-refractivity contribution in [2.75, 3.05) is 50.6 Å². The summed E-state index contributed by atoms with van der Waals surface area (Å²) in [7, 11) is -2.39. The normalized spacial score (nSPS) is 24.8. The third kappa shape index (κ3) is 12.0. The minimum Gasteiger partial charge on any atom is -0.496 e. The van der Waals surface area contributed by atoms with E-state index in [0.29, 0.717) is 75.5 Å². The van der Waals surface area contributed by atoms with Gasteiger partial charge in [-0.15, -0.1) is 11.3 Å². The smallest absolute Gasteiger partial charge is 0.322 e. The van der Waals surface area contributed by atoms with E-state index in [9.17, 15) is 18.0 Å². The summed E-state index contributed by atoms with van der Waals surface area (Å²) in [5, 5.41) is 12.4. The summed E-state index contributed by atoms with van der Waals surface area (Å²) in [6, 6.07) is 8.99. The van der Waals surface area contributed by atoms with Gasteiger partial charge in [0.1, 0.15) is 40.2 Å². The number of methoxy groups -OCH3 is 1. The highest BCUT2D eigenvalue weighted by atomic mass is 32.2. The Morgan fingerprint density at radius 1 is 1.05 bits per heavy atom. The van der Waals surface area contributed by atoms with E-state index >= 15 is 9.59 Å². The lowest BCUT2D eigenvalue weighted by Gasteiger charge is -2.30. The molecule has 4 fully saturated rings. The molecule has 5 atom stereocenters. The molecule has 2 saturated heterocycles. The van der Waals surface area contributed by atoms with Gasteiger partial charge < -0.3 is 40.0 Å². The van der Waals surface area contributed by atoms with Gasteiger partial charge >= 0.3 is 6.03 Å². The lowest BCUT2D eigenvalue weighted by Crippen LogP contribution is -2.58. The zero-order valence-electron chi connectivity index (χ0n) is 43.6. The number of aromatic nitrogens is 1. The number of amides is 5. The Balaban J connectivity index is 1.16. The number of benzene rings is 2. The summed E-state index contributed by atoms with van der Waals surface area (Å²) in [5.41, 5.74) is 5.33. The SMILES string of the molecule is CCC(C)=C(C=C(OC1CC2C(=O)NC3(C(=O)NS(=O)(=O)C4(C)CC4)CC3C=CCCCCCC(Nc3cccc(NC(=O)N4CCOCC4)c3)C(=O)N2C1)c1ccc(OC)c(C)c1C)c1nc(C(C)C)cs1. The summed E-state index contributed by atoms with van der Waals surface area (Å²) in [5.74, 6) is -0.627. The minimum absolute atomic E-state index is 0.0338. The van der Waals surface area contributed by atoms with E-state index in [1.165, 1.54) is 0 Å². The van der Waals surface area contributed by atoms with Crippen LogP contribution in [0.5, 0.6) is 5.75 Å². The van der Waals surface area contributed by atoms with E-state index in [2.05, 4.69) is 53.7 Å². The fourth-order valence-electron chi connectivity index (χ4n) is 9.81. The van der Waals surface area contributed by atoms with Gasteiger partial charge in [0.25, 0.3) is 5.91 Å². The summed E-state index contributed by atoms with van der Waals surface area (Å²) >= 11 is 1.58. The molecule has 5 unspecified atom stereocenters. The largest absolute Gasteiger partial charge is 0.496 e. The zero-order valence-corrected chi connectivity index (χ0v) is 45.2. The number of urea groups is 1. The van der Waals surface area contributed by atoms with Crippen LogP contribution in [-0.2, 0) is 33.9 Å². The molecule has 4 N–H and O–H groups in total. The van der Waals surface area contributed by atoms with E-state index in [1.807, 2.05) is 56.3 Å². The van der Waals surface area contributed by atoms with Crippen LogP contribution in [0.15, 0.2) is 65.6 Å². The number of allylic oxidation sites excluding steroid dienone is 4. The van der Waals surface area contributed by atoms with Crippen molar-refractivity contribution in [3.8, 4) is 5.75 Å². The molecule has 3 aliphatic heterocycles. The average molecular weight is 1040 g/mol. The third-order valence-corrected chi connectivity index (χ3v) is 18.4. The Bertz CT molecular complexity index is 2780. The molecule has 4 heterocycles. The summed E-state index contributed by atoms with van der Waals surface area (Å²) in [4.78, 5) is 66.4. The molecule has 2 aliphatic carbocycles. The Kier molecular flexibility index (Phi) is 16.4. The first-order valence-corrected chi connectivity index (χ1v) is 28.3.